The summed E-state index contributed by atoms with van der Waals surface area (Å²) < 4.78 is 0. The van der Waals surface area contributed by atoms with Crippen molar-refractivity contribution in [3.05, 3.63) is 65.5 Å². The fourth-order valence-electron chi connectivity index (χ4n) is 1.91. The van der Waals surface area contributed by atoms with Crippen LogP contribution < -0.4 is 11.1 Å². The molecule has 0 spiro atoms. The minimum atomic E-state index is -0.113. The summed E-state index contributed by atoms with van der Waals surface area (Å²) >= 11 is 0. The molecular weight excluding hydrogens is 250 g/mol. The molecule has 1 heterocycles. The fraction of sp³-hybridized carbons (Fsp3) is 0.250. The Balaban J connectivity index is 1.81. The lowest BCUT2D eigenvalue weighted by Gasteiger charge is -2.12. The first-order valence-electron chi connectivity index (χ1n) is 6.68. The number of carbonyl (C=O) groups is 1. The third-order valence-corrected chi connectivity index (χ3v) is 3.14. The van der Waals surface area contributed by atoms with Gasteiger partial charge in [0.25, 0.3) is 5.91 Å². The van der Waals surface area contributed by atoms with Gasteiger partial charge in [0.2, 0.25) is 0 Å². The number of nitrogens with two attached hydrogens (primary N) is 1. The summed E-state index contributed by atoms with van der Waals surface area (Å²) in [5.41, 5.74) is 8.63. The van der Waals surface area contributed by atoms with Crippen LogP contribution in [0.25, 0.3) is 0 Å². The summed E-state index contributed by atoms with van der Waals surface area (Å²) in [7, 11) is 0. The Kier molecular flexibility index (Phi) is 4.85. The quantitative estimate of drug-likeness (QED) is 0.874. The fourth-order valence-corrected chi connectivity index (χ4v) is 1.91. The molecule has 0 bridgehead atoms. The normalized spacial score (nSPS) is 11.9. The molecular formula is C16H19N3O. The molecule has 1 aromatic heterocycles. The Hall–Kier alpha value is -2.20. The topological polar surface area (TPSA) is 68.0 Å². The molecule has 0 saturated carbocycles. The van der Waals surface area contributed by atoms with E-state index >= 15 is 0 Å². The van der Waals surface area contributed by atoms with Crippen LogP contribution in [0.15, 0.2) is 48.7 Å². The van der Waals surface area contributed by atoms with E-state index in [1.54, 1.807) is 12.3 Å². The van der Waals surface area contributed by atoms with Gasteiger partial charge in [0.05, 0.1) is 5.56 Å². The van der Waals surface area contributed by atoms with Gasteiger partial charge in [0, 0.05) is 24.5 Å². The number of nitrogens with zero attached hydrogens (tertiary/aromatic N) is 1. The van der Waals surface area contributed by atoms with Crippen LogP contribution in [-0.2, 0) is 0 Å². The summed E-state index contributed by atoms with van der Waals surface area (Å²) in [6.45, 7) is 2.43. The van der Waals surface area contributed by atoms with Crippen molar-refractivity contribution in [3.63, 3.8) is 0 Å². The van der Waals surface area contributed by atoms with Crippen LogP contribution in [0.5, 0.6) is 0 Å². The number of hydrogen-bond acceptors (Lipinski definition) is 3. The van der Waals surface area contributed by atoms with E-state index in [-0.39, 0.29) is 11.9 Å². The second-order valence-electron chi connectivity index (χ2n) is 4.75. The summed E-state index contributed by atoms with van der Waals surface area (Å²) in [4.78, 5) is 16.0. The molecule has 0 saturated heterocycles. The lowest BCUT2D eigenvalue weighted by molar-refractivity contribution is 0.0952. The molecule has 0 aliphatic carbocycles. The van der Waals surface area contributed by atoms with Crippen molar-refractivity contribution < 1.29 is 4.79 Å². The highest BCUT2D eigenvalue weighted by atomic mass is 16.1. The van der Waals surface area contributed by atoms with Gasteiger partial charge in [-0.15, -0.1) is 0 Å². The molecule has 1 aromatic carbocycles. The summed E-state index contributed by atoms with van der Waals surface area (Å²) in [5.74, 6) is -0.113. The van der Waals surface area contributed by atoms with Gasteiger partial charge in [0.1, 0.15) is 0 Å². The SMILES string of the molecule is Cc1ccc(C(=O)NCCC(N)c2ccccc2)cn1. The standard InChI is InChI=1S/C16H19N3O/c1-12-7-8-14(11-19-12)16(20)18-10-9-15(17)13-5-3-2-4-6-13/h2-8,11,15H,9-10,17H2,1H3,(H,18,20). The molecule has 0 radical (unpaired) electrons. The van der Waals surface area contributed by atoms with Gasteiger partial charge in [-0.1, -0.05) is 30.3 Å². The average molecular weight is 269 g/mol. The third-order valence-electron chi connectivity index (χ3n) is 3.14. The molecule has 4 heteroatoms. The lowest BCUT2D eigenvalue weighted by Crippen LogP contribution is -2.27. The van der Waals surface area contributed by atoms with E-state index in [0.29, 0.717) is 18.5 Å². The summed E-state index contributed by atoms with van der Waals surface area (Å²) in [6, 6.07) is 13.4. The van der Waals surface area contributed by atoms with E-state index in [1.165, 1.54) is 0 Å². The van der Waals surface area contributed by atoms with Gasteiger partial charge in [-0.3, -0.25) is 9.78 Å². The largest absolute Gasteiger partial charge is 0.352 e. The Morgan fingerprint density at radius 2 is 2.00 bits per heavy atom. The first-order chi connectivity index (χ1) is 9.66. The summed E-state index contributed by atoms with van der Waals surface area (Å²) in [5, 5.41) is 2.86. The van der Waals surface area contributed by atoms with Crippen molar-refractivity contribution in [3.8, 4) is 0 Å². The molecule has 1 atom stereocenters. The van der Waals surface area contributed by atoms with Crippen LogP contribution in [0.3, 0.4) is 0 Å². The second kappa shape index (κ2) is 6.82. The zero-order valence-corrected chi connectivity index (χ0v) is 11.5. The minimum absolute atomic E-state index is 0.0624. The Morgan fingerprint density at radius 1 is 1.25 bits per heavy atom. The molecule has 0 aliphatic heterocycles. The smallest absolute Gasteiger partial charge is 0.252 e. The monoisotopic (exact) mass is 269 g/mol. The van der Waals surface area contributed by atoms with Crippen molar-refractivity contribution in [2.24, 2.45) is 5.73 Å². The molecule has 0 fully saturated rings. The van der Waals surface area contributed by atoms with Crippen molar-refractivity contribution in [1.29, 1.82) is 0 Å². The molecule has 1 amide bonds. The highest BCUT2D eigenvalue weighted by molar-refractivity contribution is 5.93. The average Bonchev–Trinajstić information content (AvgIpc) is 2.48. The maximum Gasteiger partial charge on any atom is 0.252 e. The Labute approximate surface area is 119 Å². The number of aromatic nitrogens is 1. The van der Waals surface area contributed by atoms with Crippen LogP contribution in [0.2, 0.25) is 0 Å². The minimum Gasteiger partial charge on any atom is -0.352 e. The van der Waals surface area contributed by atoms with Gasteiger partial charge in [-0.2, -0.15) is 0 Å². The van der Waals surface area contributed by atoms with Gasteiger partial charge in [-0.05, 0) is 31.0 Å². The molecule has 0 aliphatic rings. The Morgan fingerprint density at radius 3 is 2.65 bits per heavy atom. The molecule has 3 N–H and O–H groups in total. The predicted octanol–water partition coefficient (Wildman–Crippen LogP) is 2.21. The van der Waals surface area contributed by atoms with Gasteiger partial charge in [-0.25, -0.2) is 0 Å². The van der Waals surface area contributed by atoms with Gasteiger partial charge >= 0.3 is 0 Å². The van der Waals surface area contributed by atoms with Crippen molar-refractivity contribution in [2.75, 3.05) is 6.54 Å². The van der Waals surface area contributed by atoms with E-state index in [2.05, 4.69) is 10.3 Å². The number of amides is 1. The van der Waals surface area contributed by atoms with E-state index in [0.717, 1.165) is 11.3 Å². The molecule has 2 rings (SSSR count). The number of nitrogens with one attached hydrogen (secondary N) is 1. The maximum absolute atomic E-state index is 11.9. The van der Waals surface area contributed by atoms with Crippen LogP contribution in [0.4, 0.5) is 0 Å². The van der Waals surface area contributed by atoms with Crippen LogP contribution in [-0.4, -0.2) is 17.4 Å². The van der Waals surface area contributed by atoms with E-state index in [9.17, 15) is 4.79 Å². The molecule has 4 nitrogen and oxygen atoms in total. The Bertz CT molecular complexity index is 552. The molecule has 104 valence electrons. The lowest BCUT2D eigenvalue weighted by atomic mass is 10.1. The van der Waals surface area contributed by atoms with Crippen molar-refractivity contribution >= 4 is 5.91 Å². The zero-order valence-electron chi connectivity index (χ0n) is 11.5. The maximum atomic E-state index is 11.9. The number of carbonyl (C=O) groups excluding carboxylic acids is 1. The predicted molar refractivity (Wildman–Crippen MR) is 79.3 cm³/mol. The van der Waals surface area contributed by atoms with Crippen LogP contribution in [0.1, 0.15) is 34.1 Å². The van der Waals surface area contributed by atoms with Crippen LogP contribution >= 0.6 is 0 Å². The summed E-state index contributed by atoms with van der Waals surface area (Å²) in [6.07, 6.45) is 2.29. The number of hydrogen-bond donors (Lipinski definition) is 2. The van der Waals surface area contributed by atoms with Crippen molar-refractivity contribution in [1.82, 2.24) is 10.3 Å². The highest BCUT2D eigenvalue weighted by Gasteiger charge is 2.08. The zero-order chi connectivity index (χ0) is 14.4. The number of aryl methyl sites for hydroxylation is 1. The van der Waals surface area contributed by atoms with Crippen molar-refractivity contribution in [2.45, 2.75) is 19.4 Å². The molecule has 20 heavy (non-hydrogen) atoms. The number of pyridine rings is 1. The third kappa shape index (κ3) is 3.90. The first kappa shape index (κ1) is 14.2. The van der Waals surface area contributed by atoms with E-state index in [4.69, 9.17) is 5.73 Å². The van der Waals surface area contributed by atoms with Gasteiger partial charge in [0.15, 0.2) is 0 Å². The second-order valence-corrected chi connectivity index (χ2v) is 4.75. The van der Waals surface area contributed by atoms with E-state index < -0.39 is 0 Å². The number of rotatable bonds is 5. The number of benzene rings is 1. The first-order valence-corrected chi connectivity index (χ1v) is 6.68. The van der Waals surface area contributed by atoms with Crippen LogP contribution in [0, 0.1) is 6.92 Å². The highest BCUT2D eigenvalue weighted by Crippen LogP contribution is 2.12. The molecule has 1 unspecified atom stereocenters. The molecule has 2 aromatic rings. The van der Waals surface area contributed by atoms with Gasteiger partial charge < -0.3 is 11.1 Å². The van der Waals surface area contributed by atoms with E-state index in [1.807, 2.05) is 43.3 Å².